The van der Waals surface area contributed by atoms with Crippen molar-refractivity contribution < 1.29 is 12.9 Å². The summed E-state index contributed by atoms with van der Waals surface area (Å²) in [5, 5.41) is 4.04. The van der Waals surface area contributed by atoms with Gasteiger partial charge >= 0.3 is 0 Å². The first-order valence-electron chi connectivity index (χ1n) is 9.14. The van der Waals surface area contributed by atoms with Gasteiger partial charge in [0.05, 0.1) is 10.4 Å². The maximum Gasteiger partial charge on any atom is 0.258 e. The highest BCUT2D eigenvalue weighted by Gasteiger charge is 2.39. The number of hydrogen-bond donors (Lipinski definition) is 1. The quantitative estimate of drug-likeness (QED) is 0.828. The molecule has 0 radical (unpaired) electrons. The number of benzene rings is 1. The van der Waals surface area contributed by atoms with Gasteiger partial charge in [-0.25, -0.2) is 8.42 Å². The van der Waals surface area contributed by atoms with Gasteiger partial charge in [0.25, 0.3) is 5.89 Å². The van der Waals surface area contributed by atoms with E-state index in [1.54, 1.807) is 22.5 Å². The predicted octanol–water partition coefficient (Wildman–Crippen LogP) is 2.98. The van der Waals surface area contributed by atoms with Crippen LogP contribution in [-0.2, 0) is 15.6 Å². The lowest BCUT2D eigenvalue weighted by Gasteiger charge is -2.34. The lowest BCUT2D eigenvalue weighted by atomic mass is 9.77. The minimum Gasteiger partial charge on any atom is -0.334 e. The monoisotopic (exact) mass is 412 g/mol. The molecule has 9 heteroatoms. The molecule has 0 spiro atoms. The number of aryl methyl sites for hydroxylation is 1. The first kappa shape index (κ1) is 20.3. The number of halogens is 1. The Labute approximate surface area is 165 Å². The molecule has 1 aliphatic heterocycles. The fourth-order valence-corrected chi connectivity index (χ4v) is 5.11. The van der Waals surface area contributed by atoms with Crippen molar-refractivity contribution in [2.75, 3.05) is 13.1 Å². The van der Waals surface area contributed by atoms with E-state index in [-0.39, 0.29) is 17.3 Å². The van der Waals surface area contributed by atoms with Crippen molar-refractivity contribution in [2.45, 2.75) is 55.9 Å². The second-order valence-electron chi connectivity index (χ2n) is 7.37. The van der Waals surface area contributed by atoms with Crippen LogP contribution in [0.15, 0.2) is 27.6 Å². The van der Waals surface area contributed by atoms with Crippen molar-refractivity contribution in [3.63, 3.8) is 0 Å². The van der Waals surface area contributed by atoms with E-state index in [9.17, 15) is 8.42 Å². The van der Waals surface area contributed by atoms with Crippen LogP contribution in [0.2, 0.25) is 0 Å². The largest absolute Gasteiger partial charge is 0.334 e. The predicted molar refractivity (Wildman–Crippen MR) is 104 cm³/mol. The number of sulfonamides is 1. The van der Waals surface area contributed by atoms with Crippen LogP contribution in [0.3, 0.4) is 0 Å². The molecule has 4 rings (SSSR count). The van der Waals surface area contributed by atoms with E-state index in [4.69, 9.17) is 10.3 Å². The standard InChI is InChI=1S/C18H24N4O3S.ClH/c1-13-6-7-14(26(23,24)22-10-3-2-4-11-22)12-15(13)16-20-17(21-25-16)18(19)8-5-9-18;/h6-7,12H,2-5,8-11,19H2,1H3;1H. The first-order valence-corrected chi connectivity index (χ1v) is 10.6. The minimum absolute atomic E-state index is 0. The zero-order valence-electron chi connectivity index (χ0n) is 15.3. The molecule has 0 atom stereocenters. The Hall–Kier alpha value is -1.48. The van der Waals surface area contributed by atoms with Crippen LogP contribution in [0.25, 0.3) is 11.5 Å². The Balaban J connectivity index is 0.00000210. The molecule has 1 saturated heterocycles. The molecule has 0 bridgehead atoms. The van der Waals surface area contributed by atoms with E-state index in [1.165, 1.54) is 0 Å². The Bertz CT molecular complexity index is 918. The normalized spacial score (nSPS) is 19.9. The number of rotatable bonds is 4. The molecular weight excluding hydrogens is 388 g/mol. The molecule has 2 aromatic rings. The number of piperidine rings is 1. The van der Waals surface area contributed by atoms with Crippen LogP contribution in [-0.4, -0.2) is 36.0 Å². The minimum atomic E-state index is -3.51. The van der Waals surface area contributed by atoms with Crippen molar-refractivity contribution in [3.05, 3.63) is 29.6 Å². The Morgan fingerprint density at radius 1 is 1.15 bits per heavy atom. The molecule has 2 N–H and O–H groups in total. The molecule has 1 aliphatic carbocycles. The molecule has 1 saturated carbocycles. The van der Waals surface area contributed by atoms with Gasteiger partial charge in [-0.05, 0) is 56.7 Å². The van der Waals surface area contributed by atoms with Gasteiger partial charge < -0.3 is 10.3 Å². The first-order chi connectivity index (χ1) is 12.4. The van der Waals surface area contributed by atoms with Crippen molar-refractivity contribution >= 4 is 22.4 Å². The molecule has 0 amide bonds. The molecule has 2 heterocycles. The van der Waals surface area contributed by atoms with Crippen LogP contribution in [0.4, 0.5) is 0 Å². The van der Waals surface area contributed by atoms with Gasteiger partial charge in [-0.1, -0.05) is 17.6 Å². The van der Waals surface area contributed by atoms with Crippen molar-refractivity contribution in [1.82, 2.24) is 14.4 Å². The van der Waals surface area contributed by atoms with Gasteiger partial charge in [0.2, 0.25) is 10.0 Å². The molecule has 148 valence electrons. The van der Waals surface area contributed by atoms with Crippen molar-refractivity contribution in [3.8, 4) is 11.5 Å². The van der Waals surface area contributed by atoms with E-state index in [0.717, 1.165) is 44.1 Å². The van der Waals surface area contributed by atoms with Crippen LogP contribution in [0.5, 0.6) is 0 Å². The Morgan fingerprint density at radius 3 is 2.48 bits per heavy atom. The van der Waals surface area contributed by atoms with E-state index in [2.05, 4.69) is 10.1 Å². The highest BCUT2D eigenvalue weighted by Crippen LogP contribution is 2.38. The average Bonchev–Trinajstić information content (AvgIpc) is 3.11. The molecule has 0 unspecified atom stereocenters. The van der Waals surface area contributed by atoms with E-state index >= 15 is 0 Å². The highest BCUT2D eigenvalue weighted by molar-refractivity contribution is 7.89. The van der Waals surface area contributed by atoms with Gasteiger partial charge in [0, 0.05) is 18.7 Å². The Kier molecular flexibility index (Phi) is 5.63. The van der Waals surface area contributed by atoms with E-state index in [1.807, 2.05) is 6.92 Å². The zero-order valence-corrected chi connectivity index (χ0v) is 17.0. The number of hydrogen-bond acceptors (Lipinski definition) is 6. The summed E-state index contributed by atoms with van der Waals surface area (Å²) in [7, 11) is -3.51. The Morgan fingerprint density at radius 2 is 1.85 bits per heavy atom. The summed E-state index contributed by atoms with van der Waals surface area (Å²) in [5.41, 5.74) is 7.29. The lowest BCUT2D eigenvalue weighted by molar-refractivity contribution is 0.229. The summed E-state index contributed by atoms with van der Waals surface area (Å²) in [4.78, 5) is 4.73. The molecule has 7 nitrogen and oxygen atoms in total. The zero-order chi connectivity index (χ0) is 18.4. The summed E-state index contributed by atoms with van der Waals surface area (Å²) < 4.78 is 32.9. The van der Waals surface area contributed by atoms with Gasteiger partial charge in [-0.15, -0.1) is 12.4 Å². The van der Waals surface area contributed by atoms with Crippen LogP contribution < -0.4 is 5.73 Å². The van der Waals surface area contributed by atoms with Gasteiger partial charge in [-0.2, -0.15) is 9.29 Å². The highest BCUT2D eigenvalue weighted by atomic mass is 35.5. The lowest BCUT2D eigenvalue weighted by Crippen LogP contribution is -2.44. The summed E-state index contributed by atoms with van der Waals surface area (Å²) in [6.45, 7) is 3.05. The van der Waals surface area contributed by atoms with Crippen LogP contribution in [0.1, 0.15) is 49.9 Å². The third kappa shape index (κ3) is 3.63. The second kappa shape index (κ2) is 7.50. The summed E-state index contributed by atoms with van der Waals surface area (Å²) >= 11 is 0. The average molecular weight is 413 g/mol. The summed E-state index contributed by atoms with van der Waals surface area (Å²) in [6, 6.07) is 5.08. The van der Waals surface area contributed by atoms with Crippen LogP contribution >= 0.6 is 12.4 Å². The van der Waals surface area contributed by atoms with Gasteiger partial charge in [0.15, 0.2) is 5.82 Å². The molecule has 2 aliphatic rings. The number of nitrogens with two attached hydrogens (primary N) is 1. The van der Waals surface area contributed by atoms with Gasteiger partial charge in [0.1, 0.15) is 0 Å². The molecule has 2 fully saturated rings. The summed E-state index contributed by atoms with van der Waals surface area (Å²) in [5.74, 6) is 0.826. The molecule has 1 aromatic carbocycles. The van der Waals surface area contributed by atoms with Gasteiger partial charge in [-0.3, -0.25) is 0 Å². The number of aromatic nitrogens is 2. The second-order valence-corrected chi connectivity index (χ2v) is 9.31. The van der Waals surface area contributed by atoms with E-state index < -0.39 is 15.6 Å². The third-order valence-electron chi connectivity index (χ3n) is 5.51. The van der Waals surface area contributed by atoms with E-state index in [0.29, 0.717) is 30.4 Å². The molecule has 27 heavy (non-hydrogen) atoms. The van der Waals surface area contributed by atoms with Crippen LogP contribution in [0, 0.1) is 6.92 Å². The molecular formula is C18H25ClN4O3S. The van der Waals surface area contributed by atoms with Crippen molar-refractivity contribution in [2.24, 2.45) is 5.73 Å². The fraction of sp³-hybridized carbons (Fsp3) is 0.556. The van der Waals surface area contributed by atoms with Crippen molar-refractivity contribution in [1.29, 1.82) is 0 Å². The fourth-order valence-electron chi connectivity index (χ4n) is 3.56. The maximum atomic E-state index is 12.9. The number of nitrogens with zero attached hydrogens (tertiary/aromatic N) is 3. The molecule has 1 aromatic heterocycles. The third-order valence-corrected chi connectivity index (χ3v) is 7.40. The summed E-state index contributed by atoms with van der Waals surface area (Å²) in [6.07, 6.45) is 5.63. The topological polar surface area (TPSA) is 102 Å². The maximum absolute atomic E-state index is 12.9. The SMILES string of the molecule is Cc1ccc(S(=O)(=O)N2CCCCC2)cc1-c1nc(C2(N)CCC2)no1.Cl. The smallest absolute Gasteiger partial charge is 0.258 e.